The van der Waals surface area contributed by atoms with Crippen molar-refractivity contribution in [2.45, 2.75) is 34.4 Å². The number of esters is 1. The number of halogens is 4. The van der Waals surface area contributed by atoms with Gasteiger partial charge in [0.05, 0.1) is 0 Å². The number of benzene rings is 2. The number of carbonyl (C=O) groups excluding carboxylic acids is 4. The highest BCUT2D eigenvalue weighted by Crippen LogP contribution is 2.31. The molecule has 1 aliphatic heterocycles. The molecule has 8 nitrogen and oxygen atoms in total. The van der Waals surface area contributed by atoms with Crippen LogP contribution in [0, 0.1) is 0 Å². The van der Waals surface area contributed by atoms with Crippen LogP contribution in [0.3, 0.4) is 0 Å². The van der Waals surface area contributed by atoms with Crippen LogP contribution < -0.4 is 5.32 Å². The topological polar surface area (TPSA) is 102 Å². The fraction of sp³-hybridized carbons (Fsp3) is 0.304. The molecule has 3 atom stereocenters. The minimum absolute atomic E-state index is 0.566. The molecule has 2 amide bonds. The minimum atomic E-state index is -1.84. The van der Waals surface area contributed by atoms with Gasteiger partial charge in [-0.1, -0.05) is 107 Å². The van der Waals surface area contributed by atoms with Gasteiger partial charge in [-0.3, -0.25) is 9.59 Å². The maximum atomic E-state index is 13.2. The van der Waals surface area contributed by atoms with E-state index in [4.69, 9.17) is 55.9 Å². The second-order valence-corrected chi connectivity index (χ2v) is 10.5. The second-order valence-electron chi connectivity index (χ2n) is 7.58. The summed E-state index contributed by atoms with van der Waals surface area (Å²) < 4.78 is 8.60. The van der Waals surface area contributed by atoms with Gasteiger partial charge < -0.3 is 19.7 Å². The van der Waals surface area contributed by atoms with Crippen LogP contribution in [-0.4, -0.2) is 56.6 Å². The SMILES string of the molecule is CC(=O)C(C(=O)OC(c1ccccc1)c1ccccc1)N1C(=O)[C@H](NC(=O)OCC(Cl)(Cl)Cl)C1Cl. The van der Waals surface area contributed by atoms with E-state index in [1.807, 2.05) is 12.1 Å². The third-order valence-electron chi connectivity index (χ3n) is 5.03. The summed E-state index contributed by atoms with van der Waals surface area (Å²) in [7, 11) is 0. The van der Waals surface area contributed by atoms with Gasteiger partial charge in [-0.25, -0.2) is 9.59 Å². The molecule has 2 aromatic rings. The van der Waals surface area contributed by atoms with Crippen LogP contribution in [0.4, 0.5) is 4.79 Å². The Hall–Kier alpha value is -2.52. The molecule has 0 aliphatic carbocycles. The Bertz CT molecular complexity index is 1040. The average Bonchev–Trinajstić information content (AvgIpc) is 2.83. The van der Waals surface area contributed by atoms with Crippen LogP contribution in [0.15, 0.2) is 60.7 Å². The molecule has 1 aliphatic rings. The zero-order valence-electron chi connectivity index (χ0n) is 18.2. The van der Waals surface area contributed by atoms with E-state index in [0.717, 1.165) is 11.8 Å². The highest BCUT2D eigenvalue weighted by atomic mass is 35.6. The molecule has 0 radical (unpaired) electrons. The van der Waals surface area contributed by atoms with Crippen LogP contribution in [0.5, 0.6) is 0 Å². The van der Waals surface area contributed by atoms with Gasteiger partial charge in [-0.2, -0.15) is 0 Å². The quantitative estimate of drug-likeness (QED) is 0.171. The van der Waals surface area contributed by atoms with Gasteiger partial charge in [0, 0.05) is 0 Å². The molecule has 35 heavy (non-hydrogen) atoms. The smallest absolute Gasteiger partial charge is 0.408 e. The van der Waals surface area contributed by atoms with Crippen molar-refractivity contribution in [2.24, 2.45) is 0 Å². The highest BCUT2D eigenvalue weighted by Gasteiger charge is 2.54. The third kappa shape index (κ3) is 6.79. The van der Waals surface area contributed by atoms with Crippen LogP contribution in [0.1, 0.15) is 24.2 Å². The number of nitrogens with one attached hydrogen (secondary N) is 1. The standard InChI is InChI=1S/C23H20Cl4N2O6/c1-13(30)17(29-19(24)16(20(29)31)28-22(33)34-12-23(25,26)27)21(32)35-18(14-8-4-2-5-9-14)15-10-6-3-7-11-15/h2-11,16-19H,12H2,1H3,(H,28,33)/t16-,17?,19?/m1/s1. The molecule has 1 fully saturated rings. The number of carbonyl (C=O) groups is 4. The largest absolute Gasteiger partial charge is 0.451 e. The maximum Gasteiger partial charge on any atom is 0.408 e. The van der Waals surface area contributed by atoms with E-state index in [2.05, 4.69) is 5.32 Å². The van der Waals surface area contributed by atoms with Crippen LogP contribution in [0.25, 0.3) is 0 Å². The molecular formula is C23H20Cl4N2O6. The number of hydrogen-bond donors (Lipinski definition) is 1. The normalized spacial score (nSPS) is 18.5. The lowest BCUT2D eigenvalue weighted by atomic mass is 9.99. The van der Waals surface area contributed by atoms with Crippen molar-refractivity contribution in [1.29, 1.82) is 0 Å². The van der Waals surface area contributed by atoms with Gasteiger partial charge in [-0.05, 0) is 18.1 Å². The highest BCUT2D eigenvalue weighted by molar-refractivity contribution is 6.67. The minimum Gasteiger partial charge on any atom is -0.451 e. The van der Waals surface area contributed by atoms with E-state index >= 15 is 0 Å². The first kappa shape index (κ1) is 27.1. The first-order chi connectivity index (χ1) is 16.5. The summed E-state index contributed by atoms with van der Waals surface area (Å²) in [5.74, 6) is -2.40. The molecule has 3 rings (SSSR count). The predicted molar refractivity (Wildman–Crippen MR) is 130 cm³/mol. The van der Waals surface area contributed by atoms with Crippen molar-refractivity contribution in [3.8, 4) is 0 Å². The molecule has 0 aromatic heterocycles. The Kier molecular flexibility index (Phi) is 8.88. The maximum absolute atomic E-state index is 13.2. The summed E-state index contributed by atoms with van der Waals surface area (Å²) in [4.78, 5) is 51.0. The number of ether oxygens (including phenoxy) is 2. The van der Waals surface area contributed by atoms with Gasteiger partial charge in [0.1, 0.15) is 18.1 Å². The van der Waals surface area contributed by atoms with Crippen molar-refractivity contribution in [3.63, 3.8) is 0 Å². The molecule has 0 saturated carbocycles. The van der Waals surface area contributed by atoms with Gasteiger partial charge in [-0.15, -0.1) is 0 Å². The molecular weight excluding hydrogens is 542 g/mol. The lowest BCUT2D eigenvalue weighted by Gasteiger charge is -2.45. The van der Waals surface area contributed by atoms with Crippen LogP contribution in [0.2, 0.25) is 0 Å². The van der Waals surface area contributed by atoms with E-state index in [0.29, 0.717) is 11.1 Å². The first-order valence-electron chi connectivity index (χ1n) is 10.3. The van der Waals surface area contributed by atoms with E-state index < -0.39 is 57.8 Å². The fourth-order valence-corrected chi connectivity index (χ4v) is 3.98. The molecule has 12 heteroatoms. The lowest BCUT2D eigenvalue weighted by molar-refractivity contribution is -0.169. The number of alkyl carbamates (subject to hydrolysis) is 1. The molecule has 2 aromatic carbocycles. The molecule has 1 saturated heterocycles. The Balaban J connectivity index is 1.74. The summed E-state index contributed by atoms with van der Waals surface area (Å²) in [6.07, 6.45) is -1.89. The van der Waals surface area contributed by atoms with Gasteiger partial charge >= 0.3 is 12.1 Å². The van der Waals surface area contributed by atoms with Crippen molar-refractivity contribution in [3.05, 3.63) is 71.8 Å². The fourth-order valence-electron chi connectivity index (χ4n) is 3.43. The van der Waals surface area contributed by atoms with Crippen molar-refractivity contribution >= 4 is 70.2 Å². The monoisotopic (exact) mass is 560 g/mol. The van der Waals surface area contributed by atoms with Gasteiger partial charge in [0.15, 0.2) is 17.9 Å². The van der Waals surface area contributed by atoms with Gasteiger partial charge in [0.2, 0.25) is 3.79 Å². The number of hydrogen-bond acceptors (Lipinski definition) is 6. The van der Waals surface area contributed by atoms with E-state index in [9.17, 15) is 19.2 Å². The number of alkyl halides is 4. The average molecular weight is 562 g/mol. The number of Topliss-reactive ketones (excluding diaryl/α,β-unsaturated/α-hetero) is 1. The van der Waals surface area contributed by atoms with Crippen molar-refractivity contribution < 1.29 is 28.7 Å². The lowest BCUT2D eigenvalue weighted by Crippen LogP contribution is -2.73. The summed E-state index contributed by atoms with van der Waals surface area (Å²) in [5, 5.41) is 2.22. The summed E-state index contributed by atoms with van der Waals surface area (Å²) in [5.41, 5.74) is 0.113. The number of amides is 2. The van der Waals surface area contributed by atoms with Crippen LogP contribution in [-0.2, 0) is 23.9 Å². The van der Waals surface area contributed by atoms with Gasteiger partial charge in [0.25, 0.3) is 5.91 Å². The van der Waals surface area contributed by atoms with Crippen LogP contribution >= 0.6 is 46.4 Å². The van der Waals surface area contributed by atoms with E-state index in [1.54, 1.807) is 48.5 Å². The zero-order valence-corrected chi connectivity index (χ0v) is 21.2. The van der Waals surface area contributed by atoms with Crippen molar-refractivity contribution in [1.82, 2.24) is 10.2 Å². The Labute approximate surface area is 221 Å². The summed E-state index contributed by atoms with van der Waals surface area (Å²) in [6, 6.07) is 15.0. The number of β-lactam (4-membered cyclic amide) rings is 1. The Morgan fingerprint density at radius 1 is 1.00 bits per heavy atom. The van der Waals surface area contributed by atoms with E-state index in [-0.39, 0.29) is 0 Å². The number of nitrogens with zero attached hydrogens (tertiary/aromatic N) is 1. The Morgan fingerprint density at radius 2 is 1.51 bits per heavy atom. The predicted octanol–water partition coefficient (Wildman–Crippen LogP) is 4.15. The molecule has 0 bridgehead atoms. The molecule has 1 heterocycles. The second kappa shape index (κ2) is 11.5. The Morgan fingerprint density at radius 3 is 1.94 bits per heavy atom. The number of rotatable bonds is 8. The number of ketones is 1. The van der Waals surface area contributed by atoms with E-state index in [1.165, 1.54) is 0 Å². The molecule has 0 spiro atoms. The third-order valence-corrected chi connectivity index (χ3v) is 5.82. The summed E-state index contributed by atoms with van der Waals surface area (Å²) >= 11 is 22.8. The van der Waals surface area contributed by atoms with Crippen molar-refractivity contribution in [2.75, 3.05) is 6.61 Å². The zero-order chi connectivity index (χ0) is 25.8. The molecule has 186 valence electrons. The summed E-state index contributed by atoms with van der Waals surface area (Å²) in [6.45, 7) is 0.572. The first-order valence-corrected chi connectivity index (χ1v) is 11.8. The molecule has 1 N–H and O–H groups in total. The number of likely N-dealkylation sites (tertiary alicyclic amines) is 1. The molecule has 2 unspecified atom stereocenters.